The molecule has 0 atom stereocenters. The Morgan fingerprint density at radius 1 is 1.07 bits per heavy atom. The minimum atomic E-state index is 0.117. The Labute approximate surface area is 94.2 Å². The fourth-order valence-corrected chi connectivity index (χ4v) is 2.96. The number of hydrogen-bond acceptors (Lipinski definition) is 2. The molecule has 2 fully saturated rings. The number of likely N-dealkylation sites (tertiary alicyclic amines) is 1. The first kappa shape index (κ1) is 11.4. The smallest absolute Gasteiger partial charge is 0.0435 e. The maximum atomic E-state index is 6.34. The van der Waals surface area contributed by atoms with Crippen LogP contribution in [0.4, 0.5) is 0 Å². The van der Waals surface area contributed by atoms with Gasteiger partial charge in [0.15, 0.2) is 0 Å². The Balaban J connectivity index is 1.82. The van der Waals surface area contributed by atoms with Crippen LogP contribution in [0.2, 0.25) is 0 Å². The molecule has 0 aromatic heterocycles. The molecule has 1 aliphatic heterocycles. The molecule has 0 bridgehead atoms. The van der Waals surface area contributed by atoms with Crippen molar-refractivity contribution in [3.8, 4) is 0 Å². The summed E-state index contributed by atoms with van der Waals surface area (Å²) in [4.78, 5) is 2.63. The summed E-state index contributed by atoms with van der Waals surface area (Å²) in [5, 5.41) is 0. The van der Waals surface area contributed by atoms with Gasteiger partial charge in [-0.15, -0.1) is 0 Å². The molecule has 0 aromatic carbocycles. The zero-order valence-corrected chi connectivity index (χ0v) is 10.3. The summed E-state index contributed by atoms with van der Waals surface area (Å²) in [6.07, 6.45) is 8.58. The van der Waals surface area contributed by atoms with Crippen LogP contribution in [-0.2, 0) is 0 Å². The molecule has 2 heteroatoms. The van der Waals surface area contributed by atoms with Gasteiger partial charge in [0.1, 0.15) is 0 Å². The number of rotatable bonds is 2. The van der Waals surface area contributed by atoms with Gasteiger partial charge in [0.25, 0.3) is 0 Å². The molecule has 0 spiro atoms. The zero-order valence-electron chi connectivity index (χ0n) is 10.3. The third-order valence-corrected chi connectivity index (χ3v) is 4.49. The van der Waals surface area contributed by atoms with E-state index in [0.29, 0.717) is 5.92 Å². The molecular weight excluding hydrogens is 184 g/mol. The Kier molecular flexibility index (Phi) is 3.36. The van der Waals surface area contributed by atoms with Gasteiger partial charge in [-0.2, -0.15) is 0 Å². The van der Waals surface area contributed by atoms with Crippen LogP contribution >= 0.6 is 0 Å². The van der Waals surface area contributed by atoms with Gasteiger partial charge in [-0.05, 0) is 18.8 Å². The summed E-state index contributed by atoms with van der Waals surface area (Å²) >= 11 is 0. The van der Waals surface area contributed by atoms with Gasteiger partial charge < -0.3 is 5.73 Å². The lowest BCUT2D eigenvalue weighted by atomic mass is 9.79. The Morgan fingerprint density at radius 2 is 1.60 bits per heavy atom. The van der Waals surface area contributed by atoms with Crippen molar-refractivity contribution in [2.24, 2.45) is 11.7 Å². The van der Waals surface area contributed by atoms with Gasteiger partial charge in [0, 0.05) is 24.7 Å². The van der Waals surface area contributed by atoms with Crippen molar-refractivity contribution in [2.75, 3.05) is 13.1 Å². The lowest BCUT2D eigenvalue weighted by Crippen LogP contribution is -2.71. The van der Waals surface area contributed by atoms with Gasteiger partial charge in [0.2, 0.25) is 0 Å². The Bertz CT molecular complexity index is 199. The number of nitrogens with zero attached hydrogens (tertiary/aromatic N) is 1. The summed E-state index contributed by atoms with van der Waals surface area (Å²) < 4.78 is 0. The maximum Gasteiger partial charge on any atom is 0.0435 e. The summed E-state index contributed by atoms with van der Waals surface area (Å²) in [5.41, 5.74) is 6.46. The van der Waals surface area contributed by atoms with Crippen molar-refractivity contribution in [2.45, 2.75) is 64.0 Å². The lowest BCUT2D eigenvalue weighted by Gasteiger charge is -2.53. The van der Waals surface area contributed by atoms with E-state index in [1.54, 1.807) is 0 Å². The van der Waals surface area contributed by atoms with Crippen LogP contribution in [0.15, 0.2) is 0 Å². The quantitative estimate of drug-likeness (QED) is 0.709. The van der Waals surface area contributed by atoms with Crippen LogP contribution in [-0.4, -0.2) is 29.6 Å². The SMILES string of the molecule is CC(C)C1(N)CN(C2CCCCCC2)C1. The van der Waals surface area contributed by atoms with Crippen LogP contribution in [0, 0.1) is 5.92 Å². The first-order chi connectivity index (χ1) is 7.12. The fraction of sp³-hybridized carbons (Fsp3) is 1.00. The fourth-order valence-electron chi connectivity index (χ4n) is 2.96. The number of nitrogens with two attached hydrogens (primary N) is 1. The molecule has 1 heterocycles. The third kappa shape index (κ3) is 2.36. The van der Waals surface area contributed by atoms with Crippen LogP contribution in [0.5, 0.6) is 0 Å². The summed E-state index contributed by atoms with van der Waals surface area (Å²) in [7, 11) is 0. The molecule has 88 valence electrons. The average molecular weight is 210 g/mol. The molecule has 2 nitrogen and oxygen atoms in total. The molecule has 15 heavy (non-hydrogen) atoms. The second-order valence-electron chi connectivity index (χ2n) is 5.94. The van der Waals surface area contributed by atoms with Crippen LogP contribution in [0.3, 0.4) is 0 Å². The van der Waals surface area contributed by atoms with Crippen molar-refractivity contribution in [1.29, 1.82) is 0 Å². The lowest BCUT2D eigenvalue weighted by molar-refractivity contribution is -0.00225. The summed E-state index contributed by atoms with van der Waals surface area (Å²) in [6, 6.07) is 0.850. The van der Waals surface area contributed by atoms with Crippen LogP contribution in [0.25, 0.3) is 0 Å². The predicted molar refractivity (Wildman–Crippen MR) is 64.8 cm³/mol. The van der Waals surface area contributed by atoms with Gasteiger partial charge in [0.05, 0.1) is 0 Å². The molecule has 1 saturated carbocycles. The Morgan fingerprint density at radius 3 is 2.07 bits per heavy atom. The standard InChI is InChI=1S/C13H26N2/c1-11(2)13(14)9-15(10-13)12-7-5-3-4-6-8-12/h11-12H,3-10,14H2,1-2H3. The van der Waals surface area contributed by atoms with Gasteiger partial charge in [-0.25, -0.2) is 0 Å². The molecule has 2 rings (SSSR count). The third-order valence-electron chi connectivity index (χ3n) is 4.49. The maximum absolute atomic E-state index is 6.34. The minimum absolute atomic E-state index is 0.117. The Hall–Kier alpha value is -0.0800. The molecule has 1 aliphatic carbocycles. The molecule has 2 aliphatic rings. The predicted octanol–water partition coefficient (Wildman–Crippen LogP) is 2.38. The highest BCUT2D eigenvalue weighted by Gasteiger charge is 2.44. The first-order valence-corrected chi connectivity index (χ1v) is 6.65. The molecule has 2 N–H and O–H groups in total. The zero-order chi connectivity index (χ0) is 10.9. The largest absolute Gasteiger partial charge is 0.323 e. The van der Waals surface area contributed by atoms with Crippen molar-refractivity contribution in [3.05, 3.63) is 0 Å². The van der Waals surface area contributed by atoms with Gasteiger partial charge in [-0.1, -0.05) is 39.5 Å². The normalized spacial score (nSPS) is 28.8. The van der Waals surface area contributed by atoms with E-state index >= 15 is 0 Å². The van der Waals surface area contributed by atoms with E-state index in [0.717, 1.165) is 19.1 Å². The molecule has 0 aromatic rings. The van der Waals surface area contributed by atoms with E-state index in [-0.39, 0.29) is 5.54 Å². The van der Waals surface area contributed by atoms with Crippen molar-refractivity contribution in [1.82, 2.24) is 4.90 Å². The minimum Gasteiger partial charge on any atom is -0.323 e. The highest BCUT2D eigenvalue weighted by molar-refractivity contribution is 5.04. The van der Waals surface area contributed by atoms with E-state index in [4.69, 9.17) is 5.73 Å². The van der Waals surface area contributed by atoms with Gasteiger partial charge >= 0.3 is 0 Å². The van der Waals surface area contributed by atoms with Crippen molar-refractivity contribution in [3.63, 3.8) is 0 Å². The molecule has 0 amide bonds. The van der Waals surface area contributed by atoms with Crippen molar-refractivity contribution < 1.29 is 0 Å². The highest BCUT2D eigenvalue weighted by Crippen LogP contribution is 2.32. The monoisotopic (exact) mass is 210 g/mol. The molecule has 1 saturated heterocycles. The van der Waals surface area contributed by atoms with E-state index < -0.39 is 0 Å². The van der Waals surface area contributed by atoms with E-state index in [2.05, 4.69) is 18.7 Å². The summed E-state index contributed by atoms with van der Waals surface area (Å²) in [6.45, 7) is 6.78. The highest BCUT2D eigenvalue weighted by atomic mass is 15.3. The van der Waals surface area contributed by atoms with Crippen molar-refractivity contribution >= 4 is 0 Å². The van der Waals surface area contributed by atoms with E-state index in [1.165, 1.54) is 38.5 Å². The first-order valence-electron chi connectivity index (χ1n) is 6.65. The van der Waals surface area contributed by atoms with E-state index in [1.807, 2.05) is 0 Å². The average Bonchev–Trinajstić information content (AvgIpc) is 2.40. The van der Waals surface area contributed by atoms with Gasteiger partial charge in [-0.3, -0.25) is 4.90 Å². The van der Waals surface area contributed by atoms with E-state index in [9.17, 15) is 0 Å². The molecule has 0 unspecified atom stereocenters. The molecular formula is C13H26N2. The number of hydrogen-bond donors (Lipinski definition) is 1. The second kappa shape index (κ2) is 4.42. The van der Waals surface area contributed by atoms with Crippen LogP contribution < -0.4 is 5.73 Å². The summed E-state index contributed by atoms with van der Waals surface area (Å²) in [5.74, 6) is 0.625. The topological polar surface area (TPSA) is 29.3 Å². The molecule has 0 radical (unpaired) electrons. The van der Waals surface area contributed by atoms with Crippen LogP contribution in [0.1, 0.15) is 52.4 Å². The second-order valence-corrected chi connectivity index (χ2v) is 5.94.